The van der Waals surface area contributed by atoms with Crippen molar-refractivity contribution in [1.29, 1.82) is 0 Å². The Morgan fingerprint density at radius 2 is 2.07 bits per heavy atom. The molecule has 72 valence electrons. The maximum atomic E-state index is 3.98. The van der Waals surface area contributed by atoms with E-state index in [4.69, 9.17) is 0 Å². The molecule has 0 saturated carbocycles. The quantitative estimate of drug-likeness (QED) is 0.520. The molecule has 1 aromatic heterocycles. The number of H-pyrrole nitrogens is 1. The molecule has 0 saturated heterocycles. The second kappa shape index (κ2) is 6.31. The summed E-state index contributed by atoms with van der Waals surface area (Å²) in [5.41, 5.74) is 1.18. The number of allylic oxidation sites excluding steroid dienone is 5. The van der Waals surface area contributed by atoms with E-state index in [1.807, 2.05) is 12.3 Å². The number of aromatic nitrogens is 1. The van der Waals surface area contributed by atoms with Crippen LogP contribution in [0.4, 0.5) is 0 Å². The van der Waals surface area contributed by atoms with Crippen molar-refractivity contribution in [1.82, 2.24) is 4.98 Å². The molecule has 0 bridgehead atoms. The molecule has 0 radical (unpaired) electrons. The number of hydrogen-bond donors (Lipinski definition) is 1. The van der Waals surface area contributed by atoms with Crippen LogP contribution in [0.1, 0.15) is 0 Å². The van der Waals surface area contributed by atoms with Crippen LogP contribution < -0.4 is 28.8 Å². The van der Waals surface area contributed by atoms with Crippen LogP contribution in [0.3, 0.4) is 0 Å². The van der Waals surface area contributed by atoms with Crippen molar-refractivity contribution in [2.24, 2.45) is 0 Å². The van der Waals surface area contributed by atoms with Gasteiger partial charge in [-0.25, -0.2) is 0 Å². The summed E-state index contributed by atoms with van der Waals surface area (Å²) in [5.74, 6) is 0. The molecule has 0 spiro atoms. The van der Waals surface area contributed by atoms with Crippen molar-refractivity contribution in [2.45, 2.75) is 0 Å². The first-order valence-electron chi connectivity index (χ1n) is 3.84. The van der Waals surface area contributed by atoms with Gasteiger partial charge in [-0.15, -0.1) is 0 Å². The summed E-state index contributed by atoms with van der Waals surface area (Å²) in [6.07, 6.45) is 8.29. The first kappa shape index (κ1) is 13.8. The van der Waals surface area contributed by atoms with Gasteiger partial charge >= 0.3 is 80.7 Å². The van der Waals surface area contributed by atoms with Crippen molar-refractivity contribution in [3.05, 3.63) is 52.6 Å². The first-order valence-corrected chi connectivity index (χ1v) is 5.40. The van der Waals surface area contributed by atoms with E-state index in [0.717, 1.165) is 0 Å². The molecule has 1 aromatic rings. The van der Waals surface area contributed by atoms with Crippen LogP contribution in [0.25, 0.3) is 0 Å². The predicted octanol–water partition coefficient (Wildman–Crippen LogP) is -4.26. The van der Waals surface area contributed by atoms with Crippen LogP contribution >= 0.6 is 0 Å². The molecule has 1 heterocycles. The predicted molar refractivity (Wildman–Crippen MR) is 46.8 cm³/mol. The average Bonchev–Trinajstić information content (AvgIpc) is 2.65. The molecule has 1 N–H and O–H groups in total. The minimum absolute atomic E-state index is 0. The molecule has 1 aliphatic rings. The SMILES string of the molecule is C=C1C=CC=[C]1[Ti+2][c]1ccc[nH]1.[Cl-].[Cl-]. The van der Waals surface area contributed by atoms with E-state index in [2.05, 4.69) is 35.9 Å². The third kappa shape index (κ3) is 3.18. The number of aromatic amines is 1. The molecule has 0 atom stereocenters. The Bertz CT molecular complexity index is 352. The summed E-state index contributed by atoms with van der Waals surface area (Å²) in [6.45, 7) is 3.98. The molecule has 0 unspecified atom stereocenters. The van der Waals surface area contributed by atoms with Gasteiger partial charge in [-0.1, -0.05) is 0 Å². The summed E-state index contributed by atoms with van der Waals surface area (Å²) >= 11 is -0.171. The molecule has 0 amide bonds. The van der Waals surface area contributed by atoms with Gasteiger partial charge in [0.2, 0.25) is 0 Å². The summed E-state index contributed by atoms with van der Waals surface area (Å²) in [4.78, 5) is 3.23. The molecular weight excluding hydrogens is 253 g/mol. The number of hydrogen-bond acceptors (Lipinski definition) is 0. The number of halogens is 2. The van der Waals surface area contributed by atoms with Crippen LogP contribution in [0.2, 0.25) is 0 Å². The normalized spacial score (nSPS) is 12.6. The maximum Gasteiger partial charge on any atom is -1.00 e. The summed E-state index contributed by atoms with van der Waals surface area (Å²) in [5, 5.41) is 0. The fourth-order valence-corrected chi connectivity index (χ4v) is 2.77. The zero-order valence-electron chi connectivity index (χ0n) is 7.43. The van der Waals surface area contributed by atoms with Gasteiger partial charge < -0.3 is 24.8 Å². The summed E-state index contributed by atoms with van der Waals surface area (Å²) in [6, 6.07) is 4.19. The molecule has 0 fully saturated rings. The van der Waals surface area contributed by atoms with Crippen LogP contribution in [0, 0.1) is 0 Å². The van der Waals surface area contributed by atoms with E-state index < -0.39 is 0 Å². The van der Waals surface area contributed by atoms with Crippen molar-refractivity contribution in [2.75, 3.05) is 0 Å². The van der Waals surface area contributed by atoms with Gasteiger partial charge in [-0.3, -0.25) is 0 Å². The molecule has 1 nitrogen and oxygen atoms in total. The van der Waals surface area contributed by atoms with E-state index in [-0.39, 0.29) is 44.0 Å². The van der Waals surface area contributed by atoms with Crippen molar-refractivity contribution in [3.63, 3.8) is 0 Å². The van der Waals surface area contributed by atoms with Gasteiger partial charge in [0, 0.05) is 0 Å². The number of rotatable bonds is 2. The Balaban J connectivity index is 0.000000845. The Morgan fingerprint density at radius 1 is 1.29 bits per heavy atom. The van der Waals surface area contributed by atoms with Crippen LogP contribution in [0.5, 0.6) is 0 Å². The minimum Gasteiger partial charge on any atom is -1.00 e. The fourth-order valence-electron chi connectivity index (χ4n) is 1.13. The zero-order valence-corrected chi connectivity index (χ0v) is 10.5. The maximum absolute atomic E-state index is 3.98. The monoisotopic (exact) mass is 261 g/mol. The minimum atomic E-state index is -0.171. The smallest absolute Gasteiger partial charge is 1.00 e. The molecule has 14 heavy (non-hydrogen) atoms. The van der Waals surface area contributed by atoms with E-state index >= 15 is 0 Å². The van der Waals surface area contributed by atoms with Gasteiger partial charge in [-0.05, 0) is 0 Å². The molecule has 0 aromatic carbocycles. The Kier molecular flexibility index (Phi) is 6.22. The second-order valence-corrected chi connectivity index (χ2v) is 4.75. The average molecular weight is 262 g/mol. The van der Waals surface area contributed by atoms with Crippen LogP contribution in [0.15, 0.2) is 52.6 Å². The Morgan fingerprint density at radius 3 is 2.57 bits per heavy atom. The van der Waals surface area contributed by atoms with Gasteiger partial charge in [0.15, 0.2) is 0 Å². The van der Waals surface area contributed by atoms with E-state index in [1.54, 1.807) is 0 Å². The first-order chi connectivity index (χ1) is 5.86. The third-order valence-corrected chi connectivity index (χ3v) is 3.86. The van der Waals surface area contributed by atoms with Crippen molar-refractivity contribution < 1.29 is 44.0 Å². The van der Waals surface area contributed by atoms with E-state index in [0.29, 0.717) is 0 Å². The molecular formula is C10H9Cl2NTi. The third-order valence-electron chi connectivity index (χ3n) is 1.77. The van der Waals surface area contributed by atoms with Crippen LogP contribution in [-0.4, -0.2) is 4.98 Å². The molecule has 4 heteroatoms. The summed E-state index contributed by atoms with van der Waals surface area (Å²) < 4.78 is 2.79. The van der Waals surface area contributed by atoms with Crippen molar-refractivity contribution in [3.8, 4) is 0 Å². The standard InChI is InChI=1S/C6H5.C4H4N.2ClH.Ti/c1-6-4-2-3-5-6;1-2-4-5-3-1;;;/h2-4H,1H2;1-3,5H;2*1H;/q;;;;+2/p-2. The van der Waals surface area contributed by atoms with Gasteiger partial charge in [0.1, 0.15) is 0 Å². The summed E-state index contributed by atoms with van der Waals surface area (Å²) in [7, 11) is 0. The molecule has 2 rings (SSSR count). The number of nitrogens with one attached hydrogen (secondary N) is 1. The van der Waals surface area contributed by atoms with Crippen LogP contribution in [-0.2, 0) is 19.2 Å². The molecule has 1 aliphatic carbocycles. The van der Waals surface area contributed by atoms with Gasteiger partial charge in [-0.2, -0.15) is 0 Å². The molecule has 0 aliphatic heterocycles. The topological polar surface area (TPSA) is 15.8 Å². The van der Waals surface area contributed by atoms with Gasteiger partial charge in [0.25, 0.3) is 0 Å². The van der Waals surface area contributed by atoms with E-state index in [1.165, 1.54) is 13.4 Å². The zero-order chi connectivity index (χ0) is 8.39. The van der Waals surface area contributed by atoms with Crippen molar-refractivity contribution >= 4 is 4.00 Å². The second-order valence-electron chi connectivity index (χ2n) is 2.67. The van der Waals surface area contributed by atoms with Gasteiger partial charge in [0.05, 0.1) is 0 Å². The Labute approximate surface area is 105 Å². The fraction of sp³-hybridized carbons (Fsp3) is 0. The Hall–Kier alpha value is -0.206. The van der Waals surface area contributed by atoms with E-state index in [9.17, 15) is 0 Å². The largest absolute Gasteiger partial charge is 1.00 e.